The Morgan fingerprint density at radius 1 is 1.33 bits per heavy atom. The Bertz CT molecular complexity index is 339. The van der Waals surface area contributed by atoms with E-state index < -0.39 is 0 Å². The molecule has 0 radical (unpaired) electrons. The zero-order valence-electron chi connectivity index (χ0n) is 10.1. The topological polar surface area (TPSA) is 27.1 Å². The van der Waals surface area contributed by atoms with Crippen molar-refractivity contribution >= 4 is 22.6 Å². The fraction of sp³-hybridized carbons (Fsp3) is 0.727. The molecular formula is C11H19IN2O. The lowest BCUT2D eigenvalue weighted by Crippen LogP contribution is -2.22. The molecule has 0 aliphatic carbocycles. The van der Waals surface area contributed by atoms with Gasteiger partial charge >= 0.3 is 0 Å². The van der Waals surface area contributed by atoms with Crippen LogP contribution in [0.25, 0.3) is 0 Å². The van der Waals surface area contributed by atoms with Crippen LogP contribution in [0.4, 0.5) is 0 Å². The molecule has 0 amide bonds. The Hall–Kier alpha value is -0.100. The Balaban J connectivity index is 2.55. The second kappa shape index (κ2) is 4.82. The van der Waals surface area contributed by atoms with Gasteiger partial charge in [0.2, 0.25) is 0 Å². The molecule has 0 aliphatic heterocycles. The first-order valence-electron chi connectivity index (χ1n) is 5.15. The van der Waals surface area contributed by atoms with Crippen molar-refractivity contribution in [2.75, 3.05) is 6.61 Å². The maximum absolute atomic E-state index is 5.67. The molecular weight excluding hydrogens is 303 g/mol. The second-order valence-corrected chi connectivity index (χ2v) is 5.75. The van der Waals surface area contributed by atoms with E-state index in [1.165, 1.54) is 9.26 Å². The van der Waals surface area contributed by atoms with Crippen molar-refractivity contribution in [3.05, 3.63) is 15.0 Å². The summed E-state index contributed by atoms with van der Waals surface area (Å²) in [7, 11) is 0. The van der Waals surface area contributed by atoms with E-state index in [0.717, 1.165) is 12.2 Å². The molecule has 86 valence electrons. The van der Waals surface area contributed by atoms with Gasteiger partial charge in [-0.3, -0.25) is 4.68 Å². The third-order valence-corrected chi connectivity index (χ3v) is 3.69. The van der Waals surface area contributed by atoms with E-state index in [9.17, 15) is 0 Å². The smallest absolute Gasteiger partial charge is 0.0730 e. The molecule has 15 heavy (non-hydrogen) atoms. The Labute approximate surface area is 105 Å². The number of nitrogens with zero attached hydrogens (tertiary/aromatic N) is 2. The minimum Gasteiger partial charge on any atom is -0.374 e. The highest BCUT2D eigenvalue weighted by atomic mass is 127. The lowest BCUT2D eigenvalue weighted by molar-refractivity contribution is -0.00810. The molecule has 0 aromatic carbocycles. The minimum absolute atomic E-state index is 0.0662. The summed E-state index contributed by atoms with van der Waals surface area (Å²) >= 11 is 2.33. The average molecular weight is 322 g/mol. The van der Waals surface area contributed by atoms with Crippen LogP contribution < -0.4 is 0 Å². The Morgan fingerprint density at radius 2 is 1.93 bits per heavy atom. The fourth-order valence-electron chi connectivity index (χ4n) is 1.33. The number of hydrogen-bond donors (Lipinski definition) is 0. The van der Waals surface area contributed by atoms with E-state index in [4.69, 9.17) is 4.74 Å². The maximum atomic E-state index is 5.67. The van der Waals surface area contributed by atoms with Crippen LogP contribution in [-0.4, -0.2) is 22.0 Å². The first-order valence-corrected chi connectivity index (χ1v) is 6.22. The summed E-state index contributed by atoms with van der Waals surface area (Å²) in [6.07, 6.45) is 0. The van der Waals surface area contributed by atoms with Gasteiger partial charge in [0, 0.05) is 5.69 Å². The molecule has 1 aromatic heterocycles. The standard InChI is InChI=1S/C11H19IN2O/c1-8-10(12)9(2)14(13-8)6-7-15-11(3,4)5/h6-7H2,1-5H3. The molecule has 3 nitrogen and oxygen atoms in total. The average Bonchev–Trinajstić information content (AvgIpc) is 2.32. The van der Waals surface area contributed by atoms with Gasteiger partial charge in [0.15, 0.2) is 0 Å². The van der Waals surface area contributed by atoms with Gasteiger partial charge in [-0.2, -0.15) is 5.10 Å². The predicted octanol–water partition coefficient (Wildman–Crippen LogP) is 2.92. The summed E-state index contributed by atoms with van der Waals surface area (Å²) in [6, 6.07) is 0. The van der Waals surface area contributed by atoms with Gasteiger partial charge in [0.1, 0.15) is 0 Å². The van der Waals surface area contributed by atoms with Crippen molar-refractivity contribution in [2.24, 2.45) is 0 Å². The highest BCUT2D eigenvalue weighted by Gasteiger charge is 2.11. The molecule has 0 saturated heterocycles. The van der Waals surface area contributed by atoms with Crippen LogP contribution in [-0.2, 0) is 11.3 Å². The van der Waals surface area contributed by atoms with Gasteiger partial charge < -0.3 is 4.74 Å². The quantitative estimate of drug-likeness (QED) is 0.800. The van der Waals surface area contributed by atoms with Gasteiger partial charge in [-0.1, -0.05) is 0 Å². The van der Waals surface area contributed by atoms with Crippen molar-refractivity contribution in [3.63, 3.8) is 0 Å². The first kappa shape index (κ1) is 13.0. The van der Waals surface area contributed by atoms with Crippen molar-refractivity contribution in [1.29, 1.82) is 0 Å². The van der Waals surface area contributed by atoms with Crippen LogP contribution in [0.5, 0.6) is 0 Å². The van der Waals surface area contributed by atoms with Gasteiger partial charge in [-0.05, 0) is 57.2 Å². The summed E-state index contributed by atoms with van der Waals surface area (Å²) in [5, 5.41) is 4.46. The van der Waals surface area contributed by atoms with E-state index >= 15 is 0 Å². The van der Waals surface area contributed by atoms with Crippen LogP contribution in [0, 0.1) is 17.4 Å². The van der Waals surface area contributed by atoms with Gasteiger partial charge in [-0.15, -0.1) is 0 Å². The van der Waals surface area contributed by atoms with Crippen molar-refractivity contribution in [3.8, 4) is 0 Å². The summed E-state index contributed by atoms with van der Waals surface area (Å²) in [4.78, 5) is 0. The number of ether oxygens (including phenoxy) is 1. The lowest BCUT2D eigenvalue weighted by atomic mass is 10.2. The SMILES string of the molecule is Cc1nn(CCOC(C)(C)C)c(C)c1I. The van der Waals surface area contributed by atoms with Crippen LogP contribution in [0.15, 0.2) is 0 Å². The van der Waals surface area contributed by atoms with Gasteiger partial charge in [0.25, 0.3) is 0 Å². The molecule has 1 heterocycles. The van der Waals surface area contributed by atoms with Crippen molar-refractivity contribution < 1.29 is 4.74 Å². The Morgan fingerprint density at radius 3 is 2.33 bits per heavy atom. The number of aromatic nitrogens is 2. The van der Waals surface area contributed by atoms with Crippen LogP contribution in [0.3, 0.4) is 0 Å². The van der Waals surface area contributed by atoms with Gasteiger partial charge in [0.05, 0.1) is 28.0 Å². The minimum atomic E-state index is -0.0662. The van der Waals surface area contributed by atoms with Gasteiger partial charge in [-0.25, -0.2) is 0 Å². The van der Waals surface area contributed by atoms with Crippen molar-refractivity contribution in [2.45, 2.75) is 46.8 Å². The number of aryl methyl sites for hydroxylation is 1. The summed E-state index contributed by atoms with van der Waals surface area (Å²) in [5.74, 6) is 0. The highest BCUT2D eigenvalue weighted by molar-refractivity contribution is 14.1. The summed E-state index contributed by atoms with van der Waals surface area (Å²) < 4.78 is 8.94. The molecule has 1 aromatic rings. The number of hydrogen-bond acceptors (Lipinski definition) is 2. The van der Waals surface area contributed by atoms with Crippen LogP contribution in [0.1, 0.15) is 32.2 Å². The fourth-order valence-corrected chi connectivity index (χ4v) is 1.72. The van der Waals surface area contributed by atoms with E-state index in [1.807, 2.05) is 11.6 Å². The van der Waals surface area contributed by atoms with E-state index in [1.54, 1.807) is 0 Å². The highest BCUT2D eigenvalue weighted by Crippen LogP contribution is 2.15. The third kappa shape index (κ3) is 3.75. The molecule has 0 unspecified atom stereocenters. The molecule has 0 atom stereocenters. The zero-order chi connectivity index (χ0) is 11.6. The first-order chi connectivity index (χ1) is 6.81. The molecule has 0 saturated carbocycles. The molecule has 1 rings (SSSR count). The normalized spacial score (nSPS) is 12.1. The molecule has 0 fully saturated rings. The molecule has 4 heteroatoms. The predicted molar refractivity (Wildman–Crippen MR) is 70.1 cm³/mol. The molecule has 0 spiro atoms. The van der Waals surface area contributed by atoms with E-state index in [2.05, 4.69) is 55.4 Å². The largest absolute Gasteiger partial charge is 0.374 e. The summed E-state index contributed by atoms with van der Waals surface area (Å²) in [6.45, 7) is 11.9. The second-order valence-electron chi connectivity index (χ2n) is 4.67. The van der Waals surface area contributed by atoms with Crippen LogP contribution in [0.2, 0.25) is 0 Å². The number of halogens is 1. The number of rotatable bonds is 3. The molecule has 0 N–H and O–H groups in total. The Kier molecular flexibility index (Phi) is 4.17. The molecule has 0 aliphatic rings. The zero-order valence-corrected chi connectivity index (χ0v) is 12.3. The molecule has 0 bridgehead atoms. The summed E-state index contributed by atoms with van der Waals surface area (Å²) in [5.41, 5.74) is 2.26. The monoisotopic (exact) mass is 322 g/mol. The third-order valence-electron chi connectivity index (χ3n) is 2.13. The maximum Gasteiger partial charge on any atom is 0.0730 e. The van der Waals surface area contributed by atoms with E-state index in [-0.39, 0.29) is 5.60 Å². The van der Waals surface area contributed by atoms with E-state index in [0.29, 0.717) is 6.61 Å². The van der Waals surface area contributed by atoms with Crippen LogP contribution >= 0.6 is 22.6 Å². The lowest BCUT2D eigenvalue weighted by Gasteiger charge is -2.19. The van der Waals surface area contributed by atoms with Crippen molar-refractivity contribution in [1.82, 2.24) is 9.78 Å².